The van der Waals surface area contributed by atoms with Crippen molar-refractivity contribution < 1.29 is 4.92 Å². The first-order chi connectivity index (χ1) is 11.1. The SMILES string of the molecule is Cc1ccc(-n2ncc([N+](=O)[O-])c2-c2ccc(C#N)cc2)cc1. The van der Waals surface area contributed by atoms with Crippen LogP contribution in [0.1, 0.15) is 11.1 Å². The van der Waals surface area contributed by atoms with E-state index in [0.717, 1.165) is 11.3 Å². The monoisotopic (exact) mass is 304 g/mol. The van der Waals surface area contributed by atoms with Gasteiger partial charge in [0.15, 0.2) is 5.69 Å². The predicted molar refractivity (Wildman–Crippen MR) is 85.1 cm³/mol. The summed E-state index contributed by atoms with van der Waals surface area (Å²) in [7, 11) is 0. The molecule has 0 aliphatic rings. The van der Waals surface area contributed by atoms with Crippen LogP contribution < -0.4 is 0 Å². The lowest BCUT2D eigenvalue weighted by molar-refractivity contribution is -0.384. The molecule has 23 heavy (non-hydrogen) atoms. The summed E-state index contributed by atoms with van der Waals surface area (Å²) < 4.78 is 1.54. The molecule has 3 aromatic rings. The van der Waals surface area contributed by atoms with Gasteiger partial charge in [0.1, 0.15) is 6.20 Å². The fraction of sp³-hybridized carbons (Fsp3) is 0.0588. The standard InChI is InChI=1S/C17H12N4O2/c1-12-2-8-15(9-3-12)20-17(16(11-19-20)21(22)23)14-6-4-13(10-18)5-7-14/h2-9,11H,1H3. The molecule has 0 atom stereocenters. The highest BCUT2D eigenvalue weighted by Gasteiger charge is 2.22. The number of hydrogen-bond donors (Lipinski definition) is 0. The van der Waals surface area contributed by atoms with Crippen LogP contribution in [-0.4, -0.2) is 14.7 Å². The molecule has 0 N–H and O–H groups in total. The number of nitro groups is 1. The van der Waals surface area contributed by atoms with Crippen molar-refractivity contribution in [3.63, 3.8) is 0 Å². The Morgan fingerprint density at radius 2 is 1.78 bits per heavy atom. The summed E-state index contributed by atoms with van der Waals surface area (Å²) in [4.78, 5) is 10.9. The minimum absolute atomic E-state index is 0.0738. The van der Waals surface area contributed by atoms with Crippen molar-refractivity contribution in [2.75, 3.05) is 0 Å². The lowest BCUT2D eigenvalue weighted by Gasteiger charge is -2.07. The van der Waals surface area contributed by atoms with Crippen molar-refractivity contribution in [2.24, 2.45) is 0 Å². The summed E-state index contributed by atoms with van der Waals surface area (Å²) in [6.45, 7) is 1.97. The average molecular weight is 304 g/mol. The van der Waals surface area contributed by atoms with Crippen molar-refractivity contribution >= 4 is 5.69 Å². The number of nitriles is 1. The van der Waals surface area contributed by atoms with Crippen LogP contribution >= 0.6 is 0 Å². The fourth-order valence-corrected chi connectivity index (χ4v) is 2.33. The lowest BCUT2D eigenvalue weighted by Crippen LogP contribution is -2.00. The van der Waals surface area contributed by atoms with Gasteiger partial charge in [-0.2, -0.15) is 10.4 Å². The van der Waals surface area contributed by atoms with E-state index < -0.39 is 4.92 Å². The fourth-order valence-electron chi connectivity index (χ4n) is 2.33. The molecular weight excluding hydrogens is 292 g/mol. The van der Waals surface area contributed by atoms with Gasteiger partial charge >= 0.3 is 5.69 Å². The van der Waals surface area contributed by atoms with Gasteiger partial charge in [0.2, 0.25) is 0 Å². The number of aromatic nitrogens is 2. The third-order valence-electron chi connectivity index (χ3n) is 3.51. The third-order valence-corrected chi connectivity index (χ3v) is 3.51. The Bertz CT molecular complexity index is 903. The van der Waals surface area contributed by atoms with Gasteiger partial charge in [0, 0.05) is 5.56 Å². The molecule has 0 aliphatic carbocycles. The van der Waals surface area contributed by atoms with E-state index in [-0.39, 0.29) is 5.69 Å². The molecule has 0 radical (unpaired) electrons. The summed E-state index contributed by atoms with van der Waals surface area (Å²) in [5.74, 6) is 0. The molecule has 6 heteroatoms. The van der Waals surface area contributed by atoms with Crippen LogP contribution in [0.2, 0.25) is 0 Å². The topological polar surface area (TPSA) is 84.8 Å². The molecule has 0 fully saturated rings. The molecule has 0 bridgehead atoms. The first kappa shape index (κ1) is 14.5. The second-order valence-electron chi connectivity index (χ2n) is 5.07. The van der Waals surface area contributed by atoms with Crippen LogP contribution in [0.5, 0.6) is 0 Å². The van der Waals surface area contributed by atoms with Crippen LogP contribution in [0.25, 0.3) is 16.9 Å². The molecule has 0 saturated carbocycles. The van der Waals surface area contributed by atoms with Gasteiger partial charge in [-0.05, 0) is 31.2 Å². The molecule has 1 heterocycles. The van der Waals surface area contributed by atoms with E-state index in [1.54, 1.807) is 28.9 Å². The van der Waals surface area contributed by atoms with Crippen LogP contribution in [0.4, 0.5) is 5.69 Å². The average Bonchev–Trinajstić information content (AvgIpc) is 3.01. The number of benzene rings is 2. The summed E-state index contributed by atoms with van der Waals surface area (Å²) in [6, 6.07) is 16.2. The van der Waals surface area contributed by atoms with Crippen molar-refractivity contribution in [3.05, 3.63) is 76.0 Å². The Morgan fingerprint density at radius 1 is 1.13 bits per heavy atom. The van der Waals surface area contributed by atoms with E-state index in [4.69, 9.17) is 5.26 Å². The molecule has 0 spiro atoms. The minimum Gasteiger partial charge on any atom is -0.258 e. The third kappa shape index (κ3) is 2.68. The smallest absolute Gasteiger partial charge is 0.258 e. The highest BCUT2D eigenvalue weighted by molar-refractivity contribution is 5.72. The zero-order chi connectivity index (χ0) is 16.4. The molecule has 0 amide bonds. The zero-order valence-corrected chi connectivity index (χ0v) is 12.3. The quantitative estimate of drug-likeness (QED) is 0.546. The molecule has 0 aliphatic heterocycles. The molecule has 3 rings (SSSR count). The van der Waals surface area contributed by atoms with Crippen LogP contribution in [-0.2, 0) is 0 Å². The summed E-state index contributed by atoms with van der Waals surface area (Å²) in [5, 5.41) is 24.4. The summed E-state index contributed by atoms with van der Waals surface area (Å²) >= 11 is 0. The highest BCUT2D eigenvalue weighted by atomic mass is 16.6. The maximum absolute atomic E-state index is 11.3. The lowest BCUT2D eigenvalue weighted by atomic mass is 10.1. The Morgan fingerprint density at radius 3 is 2.35 bits per heavy atom. The Labute approximate surface area is 132 Å². The Balaban J connectivity index is 2.20. The predicted octanol–water partition coefficient (Wildman–Crippen LogP) is 3.63. The van der Waals surface area contributed by atoms with Crippen molar-refractivity contribution in [3.8, 4) is 23.0 Å². The van der Waals surface area contributed by atoms with Crippen LogP contribution in [0, 0.1) is 28.4 Å². The first-order valence-corrected chi connectivity index (χ1v) is 6.90. The van der Waals surface area contributed by atoms with Gasteiger partial charge in [-0.3, -0.25) is 10.1 Å². The van der Waals surface area contributed by atoms with Gasteiger partial charge in [-0.25, -0.2) is 4.68 Å². The van der Waals surface area contributed by atoms with E-state index in [1.807, 2.05) is 37.3 Å². The van der Waals surface area contributed by atoms with Gasteiger partial charge in [-0.15, -0.1) is 0 Å². The van der Waals surface area contributed by atoms with Gasteiger partial charge in [0.05, 0.1) is 22.2 Å². The highest BCUT2D eigenvalue weighted by Crippen LogP contribution is 2.32. The maximum Gasteiger partial charge on any atom is 0.315 e. The normalized spacial score (nSPS) is 10.3. The van der Waals surface area contributed by atoms with E-state index >= 15 is 0 Å². The second kappa shape index (κ2) is 5.73. The Hall–Kier alpha value is -3.46. The number of rotatable bonds is 3. The zero-order valence-electron chi connectivity index (χ0n) is 12.3. The maximum atomic E-state index is 11.3. The molecule has 112 valence electrons. The van der Waals surface area contributed by atoms with Crippen LogP contribution in [0.15, 0.2) is 54.7 Å². The first-order valence-electron chi connectivity index (χ1n) is 6.90. The van der Waals surface area contributed by atoms with Gasteiger partial charge < -0.3 is 0 Å². The number of nitrogens with zero attached hydrogens (tertiary/aromatic N) is 4. The van der Waals surface area contributed by atoms with Gasteiger partial charge in [0.25, 0.3) is 0 Å². The number of hydrogen-bond acceptors (Lipinski definition) is 4. The molecule has 0 saturated heterocycles. The second-order valence-corrected chi connectivity index (χ2v) is 5.07. The molecule has 2 aromatic carbocycles. The van der Waals surface area contributed by atoms with Gasteiger partial charge in [-0.1, -0.05) is 29.8 Å². The Kier molecular flexibility index (Phi) is 3.61. The van der Waals surface area contributed by atoms with E-state index in [0.29, 0.717) is 16.8 Å². The largest absolute Gasteiger partial charge is 0.315 e. The van der Waals surface area contributed by atoms with Crippen molar-refractivity contribution in [1.29, 1.82) is 5.26 Å². The van der Waals surface area contributed by atoms with Crippen molar-refractivity contribution in [2.45, 2.75) is 6.92 Å². The van der Waals surface area contributed by atoms with E-state index in [1.165, 1.54) is 6.20 Å². The molecule has 1 aromatic heterocycles. The van der Waals surface area contributed by atoms with E-state index in [9.17, 15) is 10.1 Å². The molecule has 6 nitrogen and oxygen atoms in total. The molecular formula is C17H12N4O2. The molecule has 0 unspecified atom stereocenters. The number of aryl methyl sites for hydroxylation is 1. The van der Waals surface area contributed by atoms with E-state index in [2.05, 4.69) is 5.10 Å². The van der Waals surface area contributed by atoms with Crippen LogP contribution in [0.3, 0.4) is 0 Å². The summed E-state index contributed by atoms with van der Waals surface area (Å²) in [6.07, 6.45) is 1.24. The summed E-state index contributed by atoms with van der Waals surface area (Å²) in [5.41, 5.74) is 3.28. The van der Waals surface area contributed by atoms with Crippen molar-refractivity contribution in [1.82, 2.24) is 9.78 Å². The minimum atomic E-state index is -0.453.